The molecule has 3 aromatic rings. The van der Waals surface area contributed by atoms with Gasteiger partial charge in [0.1, 0.15) is 0 Å². The van der Waals surface area contributed by atoms with Crippen molar-refractivity contribution in [2.45, 2.75) is 37.0 Å². The third kappa shape index (κ3) is 4.95. The molecule has 0 radical (unpaired) electrons. The van der Waals surface area contributed by atoms with Crippen molar-refractivity contribution >= 4 is 17.7 Å². The normalized spacial score (nSPS) is 10.9. The molecular formula is C20H21N3O2S. The topological polar surface area (TPSA) is 68.0 Å². The molecule has 0 saturated carbocycles. The molecule has 1 aromatic carbocycles. The molecule has 3 rings (SSSR count). The van der Waals surface area contributed by atoms with E-state index in [1.165, 1.54) is 4.90 Å². The Morgan fingerprint density at radius 1 is 1.15 bits per heavy atom. The number of carbonyl (C=O) groups excluding carboxylic acids is 1. The highest BCUT2D eigenvalue weighted by atomic mass is 32.2. The minimum absolute atomic E-state index is 0.0435. The summed E-state index contributed by atoms with van der Waals surface area (Å²) in [4.78, 5) is 22.2. The third-order valence-corrected chi connectivity index (χ3v) is 4.70. The average Bonchev–Trinajstić information content (AvgIpc) is 3.16. The Morgan fingerprint density at radius 2 is 1.92 bits per heavy atom. The number of furan rings is 1. The van der Waals surface area contributed by atoms with Crippen LogP contribution < -0.4 is 5.32 Å². The number of hydrogen-bond donors (Lipinski definition) is 1. The molecule has 0 fully saturated rings. The SMILES string of the molecule is CC(C)Sc1ccc(CC(=O)NCc2nccnc2-c2ccoc2)cc1. The van der Waals surface area contributed by atoms with Gasteiger partial charge in [-0.2, -0.15) is 0 Å². The van der Waals surface area contributed by atoms with Crippen LogP contribution in [0.15, 0.2) is 64.6 Å². The zero-order valence-electron chi connectivity index (χ0n) is 14.8. The second-order valence-electron chi connectivity index (χ2n) is 6.13. The maximum Gasteiger partial charge on any atom is 0.224 e. The molecule has 6 heteroatoms. The van der Waals surface area contributed by atoms with Gasteiger partial charge in [0.2, 0.25) is 5.91 Å². The standard InChI is InChI=1S/C20H21N3O2S/c1-14(2)26-17-5-3-15(4-6-17)11-19(24)23-12-18-20(22-9-8-21-18)16-7-10-25-13-16/h3-10,13-14H,11-12H2,1-2H3,(H,23,24). The summed E-state index contributed by atoms with van der Waals surface area (Å²) in [5.74, 6) is -0.0435. The van der Waals surface area contributed by atoms with E-state index in [4.69, 9.17) is 4.42 Å². The summed E-state index contributed by atoms with van der Waals surface area (Å²) >= 11 is 1.81. The average molecular weight is 367 g/mol. The van der Waals surface area contributed by atoms with Gasteiger partial charge in [-0.1, -0.05) is 26.0 Å². The highest BCUT2D eigenvalue weighted by molar-refractivity contribution is 7.99. The van der Waals surface area contributed by atoms with Crippen LogP contribution >= 0.6 is 11.8 Å². The van der Waals surface area contributed by atoms with Crippen LogP contribution in [0.1, 0.15) is 25.1 Å². The van der Waals surface area contributed by atoms with E-state index in [9.17, 15) is 4.79 Å². The number of carbonyl (C=O) groups is 1. The first-order valence-electron chi connectivity index (χ1n) is 8.46. The van der Waals surface area contributed by atoms with Crippen molar-refractivity contribution in [3.63, 3.8) is 0 Å². The van der Waals surface area contributed by atoms with Crippen LogP contribution in [-0.4, -0.2) is 21.1 Å². The van der Waals surface area contributed by atoms with Crippen molar-refractivity contribution in [3.05, 3.63) is 66.5 Å². The van der Waals surface area contributed by atoms with Gasteiger partial charge in [-0.25, -0.2) is 0 Å². The van der Waals surface area contributed by atoms with E-state index in [1.54, 1.807) is 24.9 Å². The molecule has 0 saturated heterocycles. The van der Waals surface area contributed by atoms with Crippen LogP contribution in [0.4, 0.5) is 0 Å². The number of hydrogen-bond acceptors (Lipinski definition) is 5. The maximum atomic E-state index is 12.3. The molecule has 0 atom stereocenters. The molecular weight excluding hydrogens is 346 g/mol. The molecule has 134 valence electrons. The van der Waals surface area contributed by atoms with E-state index in [0.717, 1.165) is 16.8 Å². The summed E-state index contributed by atoms with van der Waals surface area (Å²) in [5, 5.41) is 3.46. The lowest BCUT2D eigenvalue weighted by molar-refractivity contribution is -0.120. The van der Waals surface area contributed by atoms with E-state index in [1.807, 2.05) is 30.0 Å². The van der Waals surface area contributed by atoms with Crippen LogP contribution in [0.2, 0.25) is 0 Å². The van der Waals surface area contributed by atoms with E-state index >= 15 is 0 Å². The second kappa shape index (κ2) is 8.67. The Hall–Kier alpha value is -2.60. The van der Waals surface area contributed by atoms with E-state index < -0.39 is 0 Å². The fourth-order valence-corrected chi connectivity index (χ4v) is 3.36. The minimum Gasteiger partial charge on any atom is -0.472 e. The minimum atomic E-state index is -0.0435. The lowest BCUT2D eigenvalue weighted by Crippen LogP contribution is -2.25. The number of nitrogens with one attached hydrogen (secondary N) is 1. The van der Waals surface area contributed by atoms with Crippen LogP contribution in [0.3, 0.4) is 0 Å². The van der Waals surface area contributed by atoms with Crippen molar-refractivity contribution in [1.29, 1.82) is 0 Å². The van der Waals surface area contributed by atoms with Crippen LogP contribution in [0.25, 0.3) is 11.3 Å². The number of nitrogens with zero attached hydrogens (tertiary/aromatic N) is 2. The molecule has 1 N–H and O–H groups in total. The van der Waals surface area contributed by atoms with Crippen LogP contribution in [0.5, 0.6) is 0 Å². The van der Waals surface area contributed by atoms with Gasteiger partial charge in [0.05, 0.1) is 36.9 Å². The maximum absolute atomic E-state index is 12.3. The van der Waals surface area contributed by atoms with Gasteiger partial charge in [0.15, 0.2) is 0 Å². The predicted molar refractivity (Wildman–Crippen MR) is 103 cm³/mol. The summed E-state index contributed by atoms with van der Waals surface area (Å²) < 4.78 is 5.11. The molecule has 2 heterocycles. The van der Waals surface area contributed by atoms with Crippen LogP contribution in [0, 0.1) is 0 Å². The monoisotopic (exact) mass is 367 g/mol. The lowest BCUT2D eigenvalue weighted by atomic mass is 10.1. The Balaban J connectivity index is 1.58. The summed E-state index contributed by atoms with van der Waals surface area (Å²) in [6.45, 7) is 4.65. The fraction of sp³-hybridized carbons (Fsp3) is 0.250. The number of aromatic nitrogens is 2. The molecule has 0 aliphatic rings. The van der Waals surface area contributed by atoms with Gasteiger partial charge < -0.3 is 9.73 Å². The smallest absolute Gasteiger partial charge is 0.224 e. The van der Waals surface area contributed by atoms with Gasteiger partial charge in [-0.15, -0.1) is 11.8 Å². The molecule has 2 aromatic heterocycles. The van der Waals surface area contributed by atoms with E-state index in [-0.39, 0.29) is 5.91 Å². The third-order valence-electron chi connectivity index (χ3n) is 3.68. The molecule has 0 aliphatic heterocycles. The number of amides is 1. The Bertz CT molecular complexity index is 846. The van der Waals surface area contributed by atoms with Crippen molar-refractivity contribution in [2.75, 3.05) is 0 Å². The van der Waals surface area contributed by atoms with Gasteiger partial charge in [0.25, 0.3) is 0 Å². The van der Waals surface area contributed by atoms with Gasteiger partial charge in [-0.3, -0.25) is 14.8 Å². The summed E-state index contributed by atoms with van der Waals surface area (Å²) in [5.41, 5.74) is 3.27. The number of benzene rings is 1. The molecule has 26 heavy (non-hydrogen) atoms. The Labute approximate surface area is 157 Å². The highest BCUT2D eigenvalue weighted by Crippen LogP contribution is 2.23. The van der Waals surface area contributed by atoms with Gasteiger partial charge in [0, 0.05) is 28.1 Å². The predicted octanol–water partition coefficient (Wildman–Crippen LogP) is 4.10. The van der Waals surface area contributed by atoms with Crippen molar-refractivity contribution < 1.29 is 9.21 Å². The Kier molecular flexibility index (Phi) is 6.07. The van der Waals surface area contributed by atoms with Crippen molar-refractivity contribution in [2.24, 2.45) is 0 Å². The zero-order chi connectivity index (χ0) is 18.4. The lowest BCUT2D eigenvalue weighted by Gasteiger charge is -2.09. The molecule has 0 aliphatic carbocycles. The first-order chi connectivity index (χ1) is 12.6. The largest absolute Gasteiger partial charge is 0.472 e. The van der Waals surface area contributed by atoms with E-state index in [0.29, 0.717) is 23.9 Å². The van der Waals surface area contributed by atoms with Crippen LogP contribution in [-0.2, 0) is 17.8 Å². The summed E-state index contributed by atoms with van der Waals surface area (Å²) in [6, 6.07) is 9.96. The number of rotatable bonds is 7. The highest BCUT2D eigenvalue weighted by Gasteiger charge is 2.11. The molecule has 5 nitrogen and oxygen atoms in total. The van der Waals surface area contributed by atoms with E-state index in [2.05, 4.69) is 41.3 Å². The molecule has 0 unspecified atom stereocenters. The molecule has 1 amide bonds. The van der Waals surface area contributed by atoms with Crippen molar-refractivity contribution in [1.82, 2.24) is 15.3 Å². The fourth-order valence-electron chi connectivity index (χ4n) is 2.52. The first-order valence-corrected chi connectivity index (χ1v) is 9.34. The summed E-state index contributed by atoms with van der Waals surface area (Å²) in [7, 11) is 0. The summed E-state index contributed by atoms with van der Waals surface area (Å²) in [6.07, 6.45) is 6.80. The van der Waals surface area contributed by atoms with Crippen molar-refractivity contribution in [3.8, 4) is 11.3 Å². The second-order valence-corrected chi connectivity index (χ2v) is 7.78. The molecule has 0 spiro atoms. The first kappa shape index (κ1) is 18.2. The quantitative estimate of drug-likeness (QED) is 0.637. The zero-order valence-corrected chi connectivity index (χ0v) is 15.6. The van der Waals surface area contributed by atoms with Gasteiger partial charge >= 0.3 is 0 Å². The van der Waals surface area contributed by atoms with Gasteiger partial charge in [-0.05, 0) is 23.8 Å². The number of thioether (sulfide) groups is 1. The Morgan fingerprint density at radius 3 is 2.62 bits per heavy atom. The molecule has 0 bridgehead atoms.